The summed E-state index contributed by atoms with van der Waals surface area (Å²) in [7, 11) is 0. The number of carbonyl (C=O) groups excluding carboxylic acids is 2. The van der Waals surface area contributed by atoms with Crippen molar-refractivity contribution in [1.82, 2.24) is 14.9 Å². The zero-order chi connectivity index (χ0) is 20.6. The van der Waals surface area contributed by atoms with Crippen molar-refractivity contribution in [2.75, 3.05) is 5.73 Å². The van der Waals surface area contributed by atoms with Crippen LogP contribution < -0.4 is 5.73 Å². The summed E-state index contributed by atoms with van der Waals surface area (Å²) < 4.78 is 5.32. The lowest BCUT2D eigenvalue weighted by Crippen LogP contribution is -2.39. The Kier molecular flexibility index (Phi) is 6.52. The van der Waals surface area contributed by atoms with Gasteiger partial charge in [0.05, 0.1) is 0 Å². The first-order valence-corrected chi connectivity index (χ1v) is 9.18. The lowest BCUT2D eigenvalue weighted by atomic mass is 10.1. The van der Waals surface area contributed by atoms with Gasteiger partial charge in [-0.1, -0.05) is 60.7 Å². The first kappa shape index (κ1) is 20.0. The highest BCUT2D eigenvalue weighted by atomic mass is 16.5. The fourth-order valence-corrected chi connectivity index (χ4v) is 2.85. The first-order chi connectivity index (χ1) is 14.0. The summed E-state index contributed by atoms with van der Waals surface area (Å²) in [5.74, 6) is -1.13. The molecule has 0 aliphatic carbocycles. The van der Waals surface area contributed by atoms with Crippen molar-refractivity contribution in [2.45, 2.75) is 26.1 Å². The molecule has 1 unspecified atom stereocenters. The Balaban J connectivity index is 1.75. The van der Waals surface area contributed by atoms with Crippen LogP contribution in [0.3, 0.4) is 0 Å². The maximum Gasteiger partial charge on any atom is 0.361 e. The first-order valence-electron chi connectivity index (χ1n) is 9.18. The molecule has 1 aromatic heterocycles. The van der Waals surface area contributed by atoms with Crippen molar-refractivity contribution in [3.05, 3.63) is 89.9 Å². The van der Waals surface area contributed by atoms with Crippen LogP contribution in [0.5, 0.6) is 0 Å². The van der Waals surface area contributed by atoms with Crippen LogP contribution in [0, 0.1) is 0 Å². The molecule has 3 aromatic rings. The number of nitrogen functional groups attached to an aromatic ring is 1. The molecule has 148 valence electrons. The largest absolute Gasteiger partial charge is 0.448 e. The van der Waals surface area contributed by atoms with E-state index in [0.717, 1.165) is 11.1 Å². The molecule has 2 N–H and O–H groups in total. The van der Waals surface area contributed by atoms with Crippen LogP contribution in [0.15, 0.2) is 73.1 Å². The van der Waals surface area contributed by atoms with Crippen LogP contribution in [0.1, 0.15) is 28.5 Å². The minimum atomic E-state index is -1.00. The van der Waals surface area contributed by atoms with Crippen molar-refractivity contribution in [1.29, 1.82) is 0 Å². The van der Waals surface area contributed by atoms with Gasteiger partial charge in [0.15, 0.2) is 17.6 Å². The highest BCUT2D eigenvalue weighted by molar-refractivity contribution is 5.94. The Hall–Kier alpha value is -3.74. The molecule has 0 bridgehead atoms. The Morgan fingerprint density at radius 3 is 1.97 bits per heavy atom. The Morgan fingerprint density at radius 1 is 0.931 bits per heavy atom. The summed E-state index contributed by atoms with van der Waals surface area (Å²) in [6.07, 6.45) is 1.72. The topological polar surface area (TPSA) is 98.4 Å². The summed E-state index contributed by atoms with van der Waals surface area (Å²) in [6.45, 7) is 2.32. The third-order valence-corrected chi connectivity index (χ3v) is 4.30. The van der Waals surface area contributed by atoms with Gasteiger partial charge in [-0.25, -0.2) is 14.8 Å². The molecular formula is C22H22N4O3. The molecule has 0 saturated carbocycles. The number of esters is 1. The second-order valence-corrected chi connectivity index (χ2v) is 6.50. The number of anilines is 1. The number of aromatic nitrogens is 2. The number of nitrogens with two attached hydrogens (primary N) is 1. The van der Waals surface area contributed by atoms with Gasteiger partial charge in [0.25, 0.3) is 5.91 Å². The van der Waals surface area contributed by atoms with E-state index in [-0.39, 0.29) is 17.4 Å². The molecule has 0 radical (unpaired) electrons. The fraction of sp³-hybridized carbons (Fsp3) is 0.182. The van der Waals surface area contributed by atoms with E-state index in [1.165, 1.54) is 19.3 Å². The van der Waals surface area contributed by atoms with Crippen LogP contribution >= 0.6 is 0 Å². The van der Waals surface area contributed by atoms with E-state index in [0.29, 0.717) is 13.1 Å². The molecule has 1 heterocycles. The minimum absolute atomic E-state index is 0.0393. The van der Waals surface area contributed by atoms with E-state index in [1.807, 2.05) is 60.7 Å². The lowest BCUT2D eigenvalue weighted by molar-refractivity contribution is -0.141. The van der Waals surface area contributed by atoms with Gasteiger partial charge in [0.1, 0.15) is 0 Å². The second kappa shape index (κ2) is 9.45. The normalized spacial score (nSPS) is 11.5. The molecule has 2 aromatic carbocycles. The zero-order valence-corrected chi connectivity index (χ0v) is 16.1. The van der Waals surface area contributed by atoms with Crippen molar-refractivity contribution in [3.8, 4) is 0 Å². The Morgan fingerprint density at radius 2 is 1.45 bits per heavy atom. The number of benzene rings is 2. The number of hydrogen-bond acceptors (Lipinski definition) is 6. The summed E-state index contributed by atoms with van der Waals surface area (Å²) >= 11 is 0. The SMILES string of the molecule is CC(OC(=O)c1nccnc1N)C(=O)N(Cc1ccccc1)Cc1ccccc1. The molecule has 7 nitrogen and oxygen atoms in total. The van der Waals surface area contributed by atoms with Gasteiger partial charge in [-0.15, -0.1) is 0 Å². The molecule has 0 aliphatic heterocycles. The Labute approximate surface area is 169 Å². The van der Waals surface area contributed by atoms with Crippen LogP contribution in [-0.2, 0) is 22.6 Å². The van der Waals surface area contributed by atoms with Gasteiger partial charge in [-0.2, -0.15) is 0 Å². The standard InChI is InChI=1S/C22H22N4O3/c1-16(29-22(28)19-20(23)25-13-12-24-19)21(27)26(14-17-8-4-2-5-9-17)15-18-10-6-3-7-11-18/h2-13,16H,14-15H2,1H3,(H2,23,25). The van der Waals surface area contributed by atoms with Gasteiger partial charge >= 0.3 is 5.97 Å². The van der Waals surface area contributed by atoms with Crippen LogP contribution in [-0.4, -0.2) is 32.8 Å². The van der Waals surface area contributed by atoms with Crippen LogP contribution in [0.25, 0.3) is 0 Å². The molecule has 0 saturated heterocycles. The highest BCUT2D eigenvalue weighted by Crippen LogP contribution is 2.14. The van der Waals surface area contributed by atoms with Crippen molar-refractivity contribution < 1.29 is 14.3 Å². The van der Waals surface area contributed by atoms with Crippen molar-refractivity contribution in [3.63, 3.8) is 0 Å². The van der Waals surface area contributed by atoms with Gasteiger partial charge in [0.2, 0.25) is 0 Å². The summed E-state index contributed by atoms with van der Waals surface area (Å²) in [5.41, 5.74) is 7.52. The van der Waals surface area contributed by atoms with Gasteiger partial charge in [-0.05, 0) is 18.1 Å². The van der Waals surface area contributed by atoms with Gasteiger partial charge in [0, 0.05) is 25.5 Å². The summed E-state index contributed by atoms with van der Waals surface area (Å²) in [4.78, 5) is 34.8. The number of amides is 1. The third-order valence-electron chi connectivity index (χ3n) is 4.30. The Bertz CT molecular complexity index is 923. The molecule has 1 atom stereocenters. The molecule has 3 rings (SSSR count). The van der Waals surface area contributed by atoms with Gasteiger partial charge < -0.3 is 15.4 Å². The quantitative estimate of drug-likeness (QED) is 0.623. The van der Waals surface area contributed by atoms with E-state index in [4.69, 9.17) is 10.5 Å². The monoisotopic (exact) mass is 390 g/mol. The average Bonchev–Trinajstić information content (AvgIpc) is 2.74. The number of rotatable bonds is 7. The number of hydrogen-bond donors (Lipinski definition) is 1. The molecule has 0 fully saturated rings. The minimum Gasteiger partial charge on any atom is -0.448 e. The molecular weight excluding hydrogens is 368 g/mol. The van der Waals surface area contributed by atoms with E-state index in [9.17, 15) is 9.59 Å². The molecule has 7 heteroatoms. The van der Waals surface area contributed by atoms with Crippen LogP contribution in [0.4, 0.5) is 5.82 Å². The maximum atomic E-state index is 13.1. The fourth-order valence-electron chi connectivity index (χ4n) is 2.85. The van der Waals surface area contributed by atoms with Crippen molar-refractivity contribution in [2.24, 2.45) is 0 Å². The molecule has 29 heavy (non-hydrogen) atoms. The second-order valence-electron chi connectivity index (χ2n) is 6.50. The lowest BCUT2D eigenvalue weighted by Gasteiger charge is -2.26. The number of nitrogens with zero attached hydrogens (tertiary/aromatic N) is 3. The summed E-state index contributed by atoms with van der Waals surface area (Å²) in [5, 5.41) is 0. The molecule has 0 aliphatic rings. The van der Waals surface area contributed by atoms with Gasteiger partial charge in [-0.3, -0.25) is 4.79 Å². The molecule has 1 amide bonds. The van der Waals surface area contributed by atoms with Crippen LogP contribution in [0.2, 0.25) is 0 Å². The predicted octanol–water partition coefficient (Wildman–Crippen LogP) is 2.83. The third kappa shape index (κ3) is 5.38. The number of ether oxygens (including phenoxy) is 1. The number of carbonyl (C=O) groups is 2. The van der Waals surface area contributed by atoms with E-state index in [1.54, 1.807) is 4.90 Å². The highest BCUT2D eigenvalue weighted by Gasteiger charge is 2.26. The molecule has 0 spiro atoms. The average molecular weight is 390 g/mol. The van der Waals surface area contributed by atoms with E-state index < -0.39 is 12.1 Å². The van der Waals surface area contributed by atoms with Crippen molar-refractivity contribution >= 4 is 17.7 Å². The predicted molar refractivity (Wildman–Crippen MR) is 108 cm³/mol. The smallest absolute Gasteiger partial charge is 0.361 e. The van der Waals surface area contributed by atoms with E-state index >= 15 is 0 Å². The van der Waals surface area contributed by atoms with E-state index in [2.05, 4.69) is 9.97 Å². The summed E-state index contributed by atoms with van der Waals surface area (Å²) in [6, 6.07) is 19.3. The zero-order valence-electron chi connectivity index (χ0n) is 16.1. The maximum absolute atomic E-state index is 13.1.